The molecule has 4 aromatic rings. The van der Waals surface area contributed by atoms with Gasteiger partial charge in [0.15, 0.2) is 17.7 Å². The minimum Gasteiger partial charge on any atom is -0.481 e. The van der Waals surface area contributed by atoms with E-state index < -0.39 is 255 Å². The van der Waals surface area contributed by atoms with Crippen LogP contribution in [0.4, 0.5) is 32.2 Å². The number of carbonyl (C=O) groups is 17. The number of unbranched alkanes of at least 4 members (excludes halogenated alkanes) is 2. The maximum Gasteiger partial charge on any atom is 0.471 e. The van der Waals surface area contributed by atoms with Crippen molar-refractivity contribution in [3.05, 3.63) is 126 Å². The first-order valence-electron chi connectivity index (χ1n) is 39.2. The number of aliphatic carboxylic acids is 2. The molecule has 690 valence electrons. The lowest BCUT2D eigenvalue weighted by atomic mass is 10.0. The molecule has 2 fully saturated rings. The van der Waals surface area contributed by atoms with Gasteiger partial charge < -0.3 is 104 Å². The molecule has 6 rings (SSSR count). The van der Waals surface area contributed by atoms with Gasteiger partial charge in [-0.3, -0.25) is 103 Å². The number of azo groups is 1. The quantitative estimate of drug-likeness (QED) is 0.00848. The van der Waals surface area contributed by atoms with Crippen LogP contribution >= 0.6 is 10.9 Å². The van der Waals surface area contributed by atoms with Crippen molar-refractivity contribution in [2.75, 3.05) is 39.3 Å². The Morgan fingerprint density at radius 3 is 1.29 bits per heavy atom. The topological polar surface area (TPSA) is 681 Å². The summed E-state index contributed by atoms with van der Waals surface area (Å²) >= 11 is 0. The lowest BCUT2D eigenvalue weighted by Crippen LogP contribution is -2.58. The molecule has 3 heterocycles. The largest absolute Gasteiger partial charge is 0.481 e. The Hall–Kier alpha value is -13.9. The van der Waals surface area contributed by atoms with E-state index in [2.05, 4.69) is 95.0 Å². The van der Waals surface area contributed by atoms with Crippen LogP contribution in [0.1, 0.15) is 117 Å². The summed E-state index contributed by atoms with van der Waals surface area (Å²) in [4.78, 5) is 232. The number of pyridine rings is 1. The van der Waals surface area contributed by atoms with Gasteiger partial charge in [-0.1, -0.05) is 78.9 Å². The first-order valence-corrected chi connectivity index (χ1v) is 40.7. The fraction of sp³-hybridized carbons (Fsp3) is 0.447. The fourth-order valence-corrected chi connectivity index (χ4v) is 13.0. The molecule has 15 amide bonds. The Morgan fingerprint density at radius 1 is 0.472 bits per heavy atom. The number of rotatable bonds is 36. The van der Waals surface area contributed by atoms with Crippen molar-refractivity contribution in [1.29, 1.82) is 10.8 Å². The fourth-order valence-electron chi connectivity index (χ4n) is 12.2. The molecular weight excluding hydrogens is 1720 g/mol. The van der Waals surface area contributed by atoms with Gasteiger partial charge in [0.1, 0.15) is 65.2 Å². The van der Waals surface area contributed by atoms with Crippen molar-refractivity contribution in [2.24, 2.45) is 10.2 Å². The number of guanidine groups is 2. The maximum absolute atomic E-state index is 14.5. The Kier molecular flexibility index (Phi) is 40.3. The lowest BCUT2D eigenvalue weighted by Gasteiger charge is -2.26. The summed E-state index contributed by atoms with van der Waals surface area (Å²) in [5, 5.41) is 81.4. The van der Waals surface area contributed by atoms with Gasteiger partial charge in [-0.15, -0.1) is 5.11 Å². The van der Waals surface area contributed by atoms with Crippen LogP contribution in [0.15, 0.2) is 118 Å². The molecule has 2 saturated heterocycles. The minimum absolute atomic E-state index is 0.00749. The zero-order valence-electron chi connectivity index (χ0n) is 67.5. The summed E-state index contributed by atoms with van der Waals surface area (Å²) in [6.45, 7) is -3.37. The van der Waals surface area contributed by atoms with Crippen LogP contribution < -0.4 is 90.4 Å². The van der Waals surface area contributed by atoms with E-state index in [1.165, 1.54) is 41.0 Å². The van der Waals surface area contributed by atoms with E-state index in [-0.39, 0.29) is 106 Å². The average molecular weight is 1820 g/mol. The smallest absolute Gasteiger partial charge is 0.471 e. The molecule has 2 aliphatic heterocycles. The molecule has 127 heavy (non-hydrogen) atoms. The van der Waals surface area contributed by atoms with Gasteiger partial charge in [-0.25, -0.2) is 4.98 Å². The number of carbonyl (C=O) groups excluding carboxylic acids is 15. The standard InChI is InChI=1S/C76H96F6N22O22S/c77-75(78,79)71(122)102-73(83)87-31-13-22-45-63(114)90-39-57(106)93-52(35-59(108)109)69(120)100-50(33-41-15-3-1-4-16-41)67(118)98-47(65(116)96-45)20-9-11-29-85-56(105)28-26-49(95-61(112)44-25-27-55(89-37-44)104-92-38-43-19-7-8-24-54(43)127(124,125)126)62(113)86-30-12-10-21-48-66(117)97-46(23-14-32-88-74(84)103-72(123)76(80,81)82)64(115)91-40-58(107)94-53(36-60(110)111)70(121)101-51(68(119)99-48)34-42-17-5-2-6-18-42/h1-8,15-19,24-25,27,37,45-53,124-126H,9-14,20-23,26,28-36,38-40H2,(H,85,105)(H,86,113)(H,90,114)(H,91,115)(H,93,106)(H,94,107)(H,95,112)(H,96,116)(H,97,117)(H,98,118)(H,99,119)(H,100,120)(H,101,121)(H,108,109)(H,110,111)(H3,83,87,102,122)(H3,84,88,103,123)/t45-,46-,47-,48-,49-,50+,51+,52-,53-/m0/s1. The van der Waals surface area contributed by atoms with Crippen LogP contribution in [0, 0.1) is 10.8 Å². The highest BCUT2D eigenvalue weighted by Gasteiger charge is 2.42. The Labute approximate surface area is 720 Å². The molecule has 9 atom stereocenters. The summed E-state index contributed by atoms with van der Waals surface area (Å²) in [5.41, 5.74) is 0.910. The van der Waals surface area contributed by atoms with E-state index >= 15 is 0 Å². The molecule has 0 spiro atoms. The van der Waals surface area contributed by atoms with Crippen LogP contribution in [0.5, 0.6) is 0 Å². The van der Waals surface area contributed by atoms with E-state index in [1.807, 2.05) is 0 Å². The first-order chi connectivity index (χ1) is 60.0. The van der Waals surface area contributed by atoms with Gasteiger partial charge >= 0.3 is 36.1 Å². The first kappa shape index (κ1) is 102. The second kappa shape index (κ2) is 50.2. The minimum atomic E-state index is -5.37. The summed E-state index contributed by atoms with van der Waals surface area (Å²) in [5.74, 6) is -23.8. The third-order valence-electron chi connectivity index (χ3n) is 18.6. The summed E-state index contributed by atoms with van der Waals surface area (Å²) in [6.07, 6.45) is -15.3. The van der Waals surface area contributed by atoms with Crippen LogP contribution in [0.25, 0.3) is 0 Å². The molecule has 0 bridgehead atoms. The van der Waals surface area contributed by atoms with Crippen molar-refractivity contribution < 1.29 is 132 Å². The van der Waals surface area contributed by atoms with E-state index in [4.69, 9.17) is 10.8 Å². The molecule has 2 aliphatic rings. The maximum atomic E-state index is 14.5. The highest BCUT2D eigenvalue weighted by Crippen LogP contribution is 2.45. The molecule has 24 N–H and O–H groups in total. The number of nitrogens with one attached hydrogen (secondary N) is 19. The highest BCUT2D eigenvalue weighted by atomic mass is 32.3. The van der Waals surface area contributed by atoms with Gasteiger partial charge in [0.2, 0.25) is 70.9 Å². The third-order valence-corrected chi connectivity index (χ3v) is 19.6. The summed E-state index contributed by atoms with van der Waals surface area (Å²) in [7, 11) is -4.15. The average Bonchev–Trinajstić information content (AvgIpc) is 1.85. The molecule has 0 unspecified atom stereocenters. The monoisotopic (exact) mass is 1810 g/mol. The van der Waals surface area contributed by atoms with Gasteiger partial charge in [0.25, 0.3) is 5.91 Å². The number of carboxylic acids is 2. The number of hydrogen-bond donors (Lipinski definition) is 24. The number of hydrogen-bond acceptors (Lipinski definition) is 25. The van der Waals surface area contributed by atoms with Gasteiger partial charge in [-0.2, -0.15) is 31.5 Å². The number of halogens is 6. The Morgan fingerprint density at radius 2 is 0.866 bits per heavy atom. The number of amides is 15. The number of nitrogens with zero attached hydrogens (tertiary/aromatic N) is 3. The molecule has 0 saturated carbocycles. The number of aromatic nitrogens is 1. The van der Waals surface area contributed by atoms with E-state index in [0.717, 1.165) is 6.20 Å². The third kappa shape index (κ3) is 36.9. The number of carboxylic acid groups (broad SMARTS) is 2. The normalized spacial score (nSPS) is 19.4. The van der Waals surface area contributed by atoms with Crippen molar-refractivity contribution in [1.82, 2.24) is 95.4 Å². The van der Waals surface area contributed by atoms with Crippen LogP contribution in [0.3, 0.4) is 0 Å². The van der Waals surface area contributed by atoms with Crippen LogP contribution in [0.2, 0.25) is 0 Å². The second-order valence-electron chi connectivity index (χ2n) is 28.5. The zero-order valence-corrected chi connectivity index (χ0v) is 68.3. The zero-order chi connectivity index (χ0) is 93.6. The molecule has 0 aliphatic carbocycles. The van der Waals surface area contributed by atoms with Crippen molar-refractivity contribution in [3.63, 3.8) is 0 Å². The summed E-state index contributed by atoms with van der Waals surface area (Å²) in [6, 6.07) is 9.18. The van der Waals surface area contributed by atoms with Gasteiger partial charge in [0, 0.05) is 51.6 Å². The Bertz CT molecular complexity index is 4630. The van der Waals surface area contributed by atoms with Crippen LogP contribution in [-0.4, -0.2) is 247 Å². The SMILES string of the molecule is N=C(NCCC[C@@H]1NC(=O)[C@H](CCCCNC(=O)CC[C@H](NC(=O)c2ccc(N=NCc3ccccc3S(O)(O)O)nc2)C(=O)NCCCC[C@@H]2NC(=O)[C@@H](Cc3ccccc3)NC(=O)[C@H](CC(=O)O)NC(=O)CNC(=O)[C@H](CCCNC(=N)NC(=O)C(F)(F)F)NC2=O)NC(=O)[C@@H](Cc2ccccc2)NC(=O)[C@H](CC(=O)O)NC(=O)CNC1=O)NC(=O)C(F)(F)F. The summed E-state index contributed by atoms with van der Waals surface area (Å²) < 4.78 is 107. The van der Waals surface area contributed by atoms with Crippen molar-refractivity contribution >= 4 is 129 Å². The Balaban J connectivity index is 1.22. The van der Waals surface area contributed by atoms with Crippen LogP contribution in [-0.2, 0) is 96.1 Å². The second-order valence-corrected chi connectivity index (χ2v) is 30.0. The predicted octanol–water partition coefficient (Wildman–Crippen LogP) is -1.06. The highest BCUT2D eigenvalue weighted by molar-refractivity contribution is 8.19. The number of benzene rings is 3. The van der Waals surface area contributed by atoms with E-state index in [9.17, 15) is 132 Å². The molecule has 51 heteroatoms. The van der Waals surface area contributed by atoms with Gasteiger partial charge in [0.05, 0.1) is 42.9 Å². The van der Waals surface area contributed by atoms with E-state index in [0.29, 0.717) is 11.1 Å². The molecule has 44 nitrogen and oxygen atoms in total. The van der Waals surface area contributed by atoms with Crippen molar-refractivity contribution in [3.8, 4) is 0 Å². The molecular formula is C76H96F6N22O22S. The number of alkyl halides is 6. The molecule has 0 radical (unpaired) electrons. The van der Waals surface area contributed by atoms with Crippen molar-refractivity contribution in [2.45, 2.75) is 181 Å². The molecule has 1 aromatic heterocycles. The lowest BCUT2D eigenvalue weighted by molar-refractivity contribution is -0.172. The predicted molar refractivity (Wildman–Crippen MR) is 431 cm³/mol. The molecule has 3 aromatic carbocycles. The van der Waals surface area contributed by atoms with Gasteiger partial charge in [-0.05, 0) is 106 Å². The van der Waals surface area contributed by atoms with E-state index in [1.54, 1.807) is 66.7 Å².